The van der Waals surface area contributed by atoms with Crippen LogP contribution in [0.2, 0.25) is 0 Å². The smallest absolute Gasteiger partial charge is 0.122 e. The Bertz CT molecular complexity index is 485. The Hall–Kier alpha value is -1.87. The SMILES string of the molecule is COc1ccccc1CC(O)Cc1ccncc1. The molecule has 18 heavy (non-hydrogen) atoms. The lowest BCUT2D eigenvalue weighted by Gasteiger charge is -2.13. The molecular formula is C15H17NO2. The van der Waals surface area contributed by atoms with Crippen LogP contribution in [0, 0.1) is 0 Å². The maximum atomic E-state index is 10.1. The van der Waals surface area contributed by atoms with Gasteiger partial charge in [0.1, 0.15) is 5.75 Å². The van der Waals surface area contributed by atoms with Crippen molar-refractivity contribution in [1.29, 1.82) is 0 Å². The second kappa shape index (κ2) is 6.17. The minimum Gasteiger partial charge on any atom is -0.496 e. The first-order valence-electron chi connectivity index (χ1n) is 5.98. The van der Waals surface area contributed by atoms with Gasteiger partial charge in [0.15, 0.2) is 0 Å². The number of hydrogen-bond donors (Lipinski definition) is 1. The second-order valence-electron chi connectivity index (χ2n) is 4.23. The monoisotopic (exact) mass is 243 g/mol. The molecule has 1 heterocycles. The molecule has 0 aliphatic rings. The molecule has 0 radical (unpaired) electrons. The van der Waals surface area contributed by atoms with Crippen molar-refractivity contribution in [3.8, 4) is 5.75 Å². The molecule has 1 atom stereocenters. The van der Waals surface area contributed by atoms with Gasteiger partial charge >= 0.3 is 0 Å². The lowest BCUT2D eigenvalue weighted by atomic mass is 10.0. The number of aliphatic hydroxyl groups is 1. The molecule has 0 spiro atoms. The fourth-order valence-corrected chi connectivity index (χ4v) is 1.99. The normalized spacial score (nSPS) is 12.1. The molecule has 1 aromatic carbocycles. The summed E-state index contributed by atoms with van der Waals surface area (Å²) >= 11 is 0. The van der Waals surface area contributed by atoms with Crippen LogP contribution in [-0.2, 0) is 12.8 Å². The number of para-hydroxylation sites is 1. The average Bonchev–Trinajstić information content (AvgIpc) is 2.40. The Morgan fingerprint density at radius 1 is 1.11 bits per heavy atom. The van der Waals surface area contributed by atoms with E-state index in [1.807, 2.05) is 36.4 Å². The molecule has 94 valence electrons. The van der Waals surface area contributed by atoms with E-state index >= 15 is 0 Å². The van der Waals surface area contributed by atoms with E-state index < -0.39 is 6.10 Å². The van der Waals surface area contributed by atoms with E-state index in [-0.39, 0.29) is 0 Å². The average molecular weight is 243 g/mol. The third-order valence-corrected chi connectivity index (χ3v) is 2.87. The van der Waals surface area contributed by atoms with Gasteiger partial charge < -0.3 is 9.84 Å². The molecule has 0 saturated heterocycles. The van der Waals surface area contributed by atoms with Crippen molar-refractivity contribution in [1.82, 2.24) is 4.98 Å². The molecule has 0 fully saturated rings. The van der Waals surface area contributed by atoms with Gasteiger partial charge in [-0.1, -0.05) is 18.2 Å². The van der Waals surface area contributed by atoms with E-state index in [1.165, 1.54) is 0 Å². The van der Waals surface area contributed by atoms with Crippen molar-refractivity contribution in [2.24, 2.45) is 0 Å². The first-order chi connectivity index (χ1) is 8.79. The third-order valence-electron chi connectivity index (χ3n) is 2.87. The number of ether oxygens (including phenoxy) is 1. The molecule has 0 bridgehead atoms. The van der Waals surface area contributed by atoms with Gasteiger partial charge in [-0.3, -0.25) is 4.98 Å². The van der Waals surface area contributed by atoms with Crippen molar-refractivity contribution in [3.05, 3.63) is 59.9 Å². The summed E-state index contributed by atoms with van der Waals surface area (Å²) < 4.78 is 5.28. The summed E-state index contributed by atoms with van der Waals surface area (Å²) in [5, 5.41) is 10.1. The highest BCUT2D eigenvalue weighted by Gasteiger charge is 2.10. The van der Waals surface area contributed by atoms with Gasteiger partial charge in [-0.25, -0.2) is 0 Å². The summed E-state index contributed by atoms with van der Waals surface area (Å²) in [7, 11) is 1.65. The first kappa shape index (κ1) is 12.6. The number of aromatic nitrogens is 1. The predicted molar refractivity (Wildman–Crippen MR) is 70.6 cm³/mol. The molecule has 1 unspecified atom stereocenters. The molecule has 3 heteroatoms. The number of hydrogen-bond acceptors (Lipinski definition) is 3. The highest BCUT2D eigenvalue weighted by Crippen LogP contribution is 2.19. The van der Waals surface area contributed by atoms with Crippen LogP contribution in [-0.4, -0.2) is 23.3 Å². The van der Waals surface area contributed by atoms with Gasteiger partial charge in [-0.2, -0.15) is 0 Å². The number of benzene rings is 1. The number of rotatable bonds is 5. The molecule has 2 aromatic rings. The minimum atomic E-state index is -0.413. The first-order valence-corrected chi connectivity index (χ1v) is 5.98. The van der Waals surface area contributed by atoms with Crippen LogP contribution in [0.25, 0.3) is 0 Å². The van der Waals surface area contributed by atoms with Crippen molar-refractivity contribution >= 4 is 0 Å². The summed E-state index contributed by atoms with van der Waals surface area (Å²) in [5.74, 6) is 0.825. The standard InChI is InChI=1S/C15H17NO2/c1-18-15-5-3-2-4-13(15)11-14(17)10-12-6-8-16-9-7-12/h2-9,14,17H,10-11H2,1H3. The van der Waals surface area contributed by atoms with E-state index in [2.05, 4.69) is 4.98 Å². The van der Waals surface area contributed by atoms with Crippen molar-refractivity contribution in [2.45, 2.75) is 18.9 Å². The quantitative estimate of drug-likeness (QED) is 0.875. The van der Waals surface area contributed by atoms with Gasteiger partial charge in [-0.15, -0.1) is 0 Å². The Morgan fingerprint density at radius 3 is 2.56 bits per heavy atom. The van der Waals surface area contributed by atoms with Crippen LogP contribution in [0.15, 0.2) is 48.8 Å². The fourth-order valence-electron chi connectivity index (χ4n) is 1.99. The second-order valence-corrected chi connectivity index (χ2v) is 4.23. The summed E-state index contributed by atoms with van der Waals surface area (Å²) in [6.45, 7) is 0. The van der Waals surface area contributed by atoms with E-state index in [0.29, 0.717) is 12.8 Å². The molecule has 1 aromatic heterocycles. The van der Waals surface area contributed by atoms with E-state index in [0.717, 1.165) is 16.9 Å². The molecule has 3 nitrogen and oxygen atoms in total. The number of aliphatic hydroxyl groups excluding tert-OH is 1. The Kier molecular flexibility index (Phi) is 4.31. The third kappa shape index (κ3) is 3.31. The van der Waals surface area contributed by atoms with E-state index in [1.54, 1.807) is 19.5 Å². The molecule has 2 rings (SSSR count). The maximum absolute atomic E-state index is 10.1. The summed E-state index contributed by atoms with van der Waals surface area (Å²) in [6, 6.07) is 11.6. The van der Waals surface area contributed by atoms with Crippen LogP contribution in [0.3, 0.4) is 0 Å². The Morgan fingerprint density at radius 2 is 1.83 bits per heavy atom. The minimum absolute atomic E-state index is 0.413. The van der Waals surface area contributed by atoms with Gasteiger partial charge in [0.05, 0.1) is 13.2 Å². The van der Waals surface area contributed by atoms with Crippen molar-refractivity contribution in [3.63, 3.8) is 0 Å². The highest BCUT2D eigenvalue weighted by atomic mass is 16.5. The fraction of sp³-hybridized carbons (Fsp3) is 0.267. The van der Waals surface area contributed by atoms with Gasteiger partial charge in [0.25, 0.3) is 0 Å². The Balaban J connectivity index is 2.01. The van der Waals surface area contributed by atoms with E-state index in [4.69, 9.17) is 4.74 Å². The molecule has 0 aliphatic heterocycles. The van der Waals surface area contributed by atoms with Crippen molar-refractivity contribution in [2.75, 3.05) is 7.11 Å². The molecular weight excluding hydrogens is 226 g/mol. The van der Waals surface area contributed by atoms with Crippen molar-refractivity contribution < 1.29 is 9.84 Å². The van der Waals surface area contributed by atoms with Gasteiger partial charge in [0.2, 0.25) is 0 Å². The zero-order valence-corrected chi connectivity index (χ0v) is 10.4. The number of nitrogens with zero attached hydrogens (tertiary/aromatic N) is 1. The number of pyridine rings is 1. The molecule has 1 N–H and O–H groups in total. The summed E-state index contributed by atoms with van der Waals surface area (Å²) in [4.78, 5) is 3.96. The molecule has 0 saturated carbocycles. The zero-order valence-electron chi connectivity index (χ0n) is 10.4. The largest absolute Gasteiger partial charge is 0.496 e. The van der Waals surface area contributed by atoms with Gasteiger partial charge in [-0.05, 0) is 35.7 Å². The molecule has 0 aliphatic carbocycles. The van der Waals surface area contributed by atoms with E-state index in [9.17, 15) is 5.11 Å². The zero-order chi connectivity index (χ0) is 12.8. The maximum Gasteiger partial charge on any atom is 0.122 e. The summed E-state index contributed by atoms with van der Waals surface area (Å²) in [6.07, 6.45) is 4.28. The van der Waals surface area contributed by atoms with Crippen LogP contribution in [0.4, 0.5) is 0 Å². The number of methoxy groups -OCH3 is 1. The summed E-state index contributed by atoms with van der Waals surface area (Å²) in [5.41, 5.74) is 2.12. The highest BCUT2D eigenvalue weighted by molar-refractivity contribution is 5.33. The van der Waals surface area contributed by atoms with Gasteiger partial charge in [0, 0.05) is 18.8 Å². The lowest BCUT2D eigenvalue weighted by molar-refractivity contribution is 0.174. The van der Waals surface area contributed by atoms with Crippen LogP contribution in [0.1, 0.15) is 11.1 Å². The Labute approximate surface area is 107 Å². The predicted octanol–water partition coefficient (Wildman–Crippen LogP) is 2.24. The van der Waals surface area contributed by atoms with Crippen LogP contribution >= 0.6 is 0 Å². The van der Waals surface area contributed by atoms with Crippen LogP contribution < -0.4 is 4.74 Å². The lowest BCUT2D eigenvalue weighted by Crippen LogP contribution is -2.14. The molecule has 0 amide bonds. The topological polar surface area (TPSA) is 42.4 Å². The van der Waals surface area contributed by atoms with Crippen LogP contribution in [0.5, 0.6) is 5.75 Å².